The smallest absolute Gasteiger partial charge is 0.227 e. The minimum Gasteiger partial charge on any atom is -0.336 e. The van der Waals surface area contributed by atoms with Crippen molar-refractivity contribution in [3.63, 3.8) is 0 Å². The summed E-state index contributed by atoms with van der Waals surface area (Å²) in [7, 11) is 0. The van der Waals surface area contributed by atoms with Gasteiger partial charge in [-0.2, -0.15) is 5.10 Å². The van der Waals surface area contributed by atoms with Gasteiger partial charge in [-0.15, -0.1) is 0 Å². The van der Waals surface area contributed by atoms with Crippen LogP contribution in [0.4, 0.5) is 0 Å². The predicted octanol–water partition coefficient (Wildman–Crippen LogP) is 3.37. The average Bonchev–Trinajstić information content (AvgIpc) is 3.29. The average molecular weight is 346 g/mol. The Balaban J connectivity index is 1.36. The zero-order chi connectivity index (χ0) is 17.5. The van der Waals surface area contributed by atoms with E-state index in [2.05, 4.69) is 45.3 Å². The normalized spacial score (nSPS) is 24.9. The number of hydrogen-bond acceptors (Lipinski definition) is 3. The number of carbonyl (C=O) groups excluding carboxylic acids is 1. The molecule has 2 unspecified atom stereocenters. The minimum atomic E-state index is 0.269. The maximum atomic E-state index is 13.2. The van der Waals surface area contributed by atoms with Gasteiger partial charge in [-0.05, 0) is 42.0 Å². The molecule has 5 rings (SSSR count). The number of nitrogens with zero attached hydrogens (tertiary/aromatic N) is 4. The summed E-state index contributed by atoms with van der Waals surface area (Å²) in [5.41, 5.74) is 1.13. The summed E-state index contributed by atoms with van der Waals surface area (Å²) in [5.74, 6) is 0.269. The largest absolute Gasteiger partial charge is 0.336 e. The Morgan fingerprint density at radius 3 is 2.54 bits per heavy atom. The van der Waals surface area contributed by atoms with Crippen molar-refractivity contribution in [3.05, 3.63) is 60.7 Å². The summed E-state index contributed by atoms with van der Waals surface area (Å²) in [6.07, 6.45) is 8.08. The monoisotopic (exact) mass is 346 g/mol. The highest BCUT2D eigenvalue weighted by atomic mass is 16.2. The molecule has 132 valence electrons. The number of hydrogen-bond donors (Lipinski definition) is 0. The van der Waals surface area contributed by atoms with Crippen molar-refractivity contribution in [2.24, 2.45) is 0 Å². The topological polar surface area (TPSA) is 51.0 Å². The second kappa shape index (κ2) is 6.24. The first-order valence-electron chi connectivity index (χ1n) is 9.41. The molecule has 2 aromatic carbocycles. The zero-order valence-electron chi connectivity index (χ0n) is 14.7. The van der Waals surface area contributed by atoms with Crippen molar-refractivity contribution in [2.75, 3.05) is 0 Å². The number of aromatic nitrogens is 3. The summed E-state index contributed by atoms with van der Waals surface area (Å²) < 4.78 is 1.97. The van der Waals surface area contributed by atoms with Gasteiger partial charge >= 0.3 is 0 Å². The first-order valence-corrected chi connectivity index (χ1v) is 9.41. The summed E-state index contributed by atoms with van der Waals surface area (Å²) >= 11 is 0. The van der Waals surface area contributed by atoms with Crippen molar-refractivity contribution >= 4 is 16.7 Å². The van der Waals surface area contributed by atoms with Crippen LogP contribution in [-0.4, -0.2) is 37.7 Å². The zero-order valence-corrected chi connectivity index (χ0v) is 14.7. The number of amides is 1. The molecule has 3 aromatic rings. The van der Waals surface area contributed by atoms with Crippen LogP contribution in [0.5, 0.6) is 0 Å². The van der Waals surface area contributed by atoms with Gasteiger partial charge < -0.3 is 4.90 Å². The number of fused-ring (bicyclic) bond motifs is 3. The van der Waals surface area contributed by atoms with Crippen molar-refractivity contribution < 1.29 is 4.79 Å². The van der Waals surface area contributed by atoms with E-state index in [0.717, 1.165) is 31.2 Å². The van der Waals surface area contributed by atoms with E-state index in [1.807, 2.05) is 16.8 Å². The predicted molar refractivity (Wildman–Crippen MR) is 99.6 cm³/mol. The molecule has 0 aliphatic carbocycles. The van der Waals surface area contributed by atoms with Gasteiger partial charge in [0.25, 0.3) is 0 Å². The van der Waals surface area contributed by atoms with Crippen LogP contribution in [-0.2, 0) is 11.2 Å². The first-order chi connectivity index (χ1) is 12.8. The molecule has 2 aliphatic rings. The summed E-state index contributed by atoms with van der Waals surface area (Å²) in [4.78, 5) is 19.4. The van der Waals surface area contributed by atoms with Crippen molar-refractivity contribution in [3.8, 4) is 0 Å². The number of piperidine rings is 1. The van der Waals surface area contributed by atoms with Crippen LogP contribution in [0.3, 0.4) is 0 Å². The third kappa shape index (κ3) is 2.59. The number of benzene rings is 2. The van der Waals surface area contributed by atoms with Gasteiger partial charge in [-0.25, -0.2) is 9.67 Å². The van der Waals surface area contributed by atoms with Crippen molar-refractivity contribution in [1.29, 1.82) is 0 Å². The Kier molecular flexibility index (Phi) is 3.73. The fraction of sp³-hybridized carbons (Fsp3) is 0.381. The van der Waals surface area contributed by atoms with E-state index in [4.69, 9.17) is 0 Å². The Morgan fingerprint density at radius 2 is 1.77 bits per heavy atom. The van der Waals surface area contributed by atoms with Gasteiger partial charge in [0, 0.05) is 12.1 Å². The summed E-state index contributed by atoms with van der Waals surface area (Å²) in [6, 6.07) is 15.6. The second-order valence-electron chi connectivity index (χ2n) is 7.50. The molecule has 2 aliphatic heterocycles. The maximum Gasteiger partial charge on any atom is 0.227 e. The third-order valence-corrected chi connectivity index (χ3v) is 6.03. The molecule has 0 spiro atoms. The van der Waals surface area contributed by atoms with Crippen LogP contribution in [0.1, 0.15) is 37.3 Å². The van der Waals surface area contributed by atoms with Gasteiger partial charge in [0.1, 0.15) is 12.7 Å². The van der Waals surface area contributed by atoms with E-state index in [9.17, 15) is 4.79 Å². The highest BCUT2D eigenvalue weighted by molar-refractivity contribution is 5.90. The van der Waals surface area contributed by atoms with Crippen LogP contribution in [0, 0.1) is 0 Å². The lowest BCUT2D eigenvalue weighted by Gasteiger charge is -2.39. The highest BCUT2D eigenvalue weighted by Crippen LogP contribution is 2.40. The standard InChI is InChI=1S/C21H22N4O/c26-21(10-16-6-3-5-15-4-1-2-7-20(15)16)25-17-8-9-18(25)12-19(11-17)24-14-22-13-23-24/h1-7,13-14,17-19H,8-12H2. The van der Waals surface area contributed by atoms with Crippen molar-refractivity contribution in [2.45, 2.75) is 50.2 Å². The van der Waals surface area contributed by atoms with Gasteiger partial charge in [0.2, 0.25) is 5.91 Å². The Morgan fingerprint density at radius 1 is 1.00 bits per heavy atom. The summed E-state index contributed by atoms with van der Waals surface area (Å²) in [5, 5.41) is 6.70. The SMILES string of the molecule is O=C(Cc1cccc2ccccc12)N1C2CCC1CC(n1cncn1)C2. The van der Waals surface area contributed by atoms with Crippen molar-refractivity contribution in [1.82, 2.24) is 19.7 Å². The molecule has 0 N–H and O–H groups in total. The van der Waals surface area contributed by atoms with Gasteiger partial charge in [-0.3, -0.25) is 4.79 Å². The molecule has 1 aromatic heterocycles. The highest BCUT2D eigenvalue weighted by Gasteiger charge is 2.43. The quantitative estimate of drug-likeness (QED) is 0.731. The number of rotatable bonds is 3. The van der Waals surface area contributed by atoms with Crippen LogP contribution in [0.15, 0.2) is 55.1 Å². The third-order valence-electron chi connectivity index (χ3n) is 6.03. The lowest BCUT2D eigenvalue weighted by molar-refractivity contribution is -0.135. The molecule has 26 heavy (non-hydrogen) atoms. The first kappa shape index (κ1) is 15.6. The van der Waals surface area contributed by atoms with Crippen LogP contribution in [0.25, 0.3) is 10.8 Å². The maximum absolute atomic E-state index is 13.2. The summed E-state index contributed by atoms with van der Waals surface area (Å²) in [6.45, 7) is 0. The van der Waals surface area contributed by atoms with E-state index in [1.165, 1.54) is 10.8 Å². The van der Waals surface area contributed by atoms with Crippen LogP contribution in [0.2, 0.25) is 0 Å². The molecule has 5 nitrogen and oxygen atoms in total. The van der Waals surface area contributed by atoms with Crippen LogP contribution < -0.4 is 0 Å². The van der Waals surface area contributed by atoms with Gasteiger partial charge in [0.15, 0.2) is 0 Å². The molecule has 2 bridgehead atoms. The molecular formula is C21H22N4O. The molecule has 0 saturated carbocycles. The molecule has 0 radical (unpaired) electrons. The second-order valence-corrected chi connectivity index (χ2v) is 7.50. The fourth-order valence-electron chi connectivity index (χ4n) is 4.88. The van der Waals surface area contributed by atoms with E-state index in [1.54, 1.807) is 12.7 Å². The molecule has 2 atom stereocenters. The van der Waals surface area contributed by atoms with Gasteiger partial charge in [-0.1, -0.05) is 42.5 Å². The van der Waals surface area contributed by atoms with E-state index in [0.29, 0.717) is 24.5 Å². The Hall–Kier alpha value is -2.69. The number of carbonyl (C=O) groups is 1. The fourth-order valence-corrected chi connectivity index (χ4v) is 4.88. The lowest BCUT2D eigenvalue weighted by atomic mass is 9.95. The Labute approximate surface area is 152 Å². The van der Waals surface area contributed by atoms with Crippen LogP contribution >= 0.6 is 0 Å². The Bertz CT molecular complexity index is 917. The molecular weight excluding hydrogens is 324 g/mol. The molecule has 2 saturated heterocycles. The minimum absolute atomic E-state index is 0.269. The van der Waals surface area contributed by atoms with E-state index >= 15 is 0 Å². The molecule has 1 amide bonds. The van der Waals surface area contributed by atoms with E-state index in [-0.39, 0.29) is 5.91 Å². The van der Waals surface area contributed by atoms with E-state index < -0.39 is 0 Å². The molecule has 2 fully saturated rings. The molecule has 3 heterocycles. The lowest BCUT2D eigenvalue weighted by Crippen LogP contribution is -2.47. The molecule has 5 heteroatoms. The van der Waals surface area contributed by atoms with Gasteiger partial charge in [0.05, 0.1) is 12.5 Å².